The van der Waals surface area contributed by atoms with Gasteiger partial charge in [0.1, 0.15) is 0 Å². The van der Waals surface area contributed by atoms with E-state index in [-0.39, 0.29) is 6.61 Å². The first-order chi connectivity index (χ1) is 17.0. The molecule has 10 heteroatoms. The number of phosphoric ester groups is 1. The second kappa shape index (κ2) is 21.8. The lowest BCUT2D eigenvalue weighted by atomic mass is 10.0. The summed E-state index contributed by atoms with van der Waals surface area (Å²) in [4.78, 5) is 9.74. The number of phosphoric acid groups is 1. The summed E-state index contributed by atoms with van der Waals surface area (Å²) in [5, 5.41) is 23.6. The lowest BCUT2D eigenvalue weighted by Crippen LogP contribution is -2.25. The summed E-state index contributed by atoms with van der Waals surface area (Å²) in [5.41, 5.74) is -1.19. The molecule has 36 heavy (non-hydrogen) atoms. The van der Waals surface area contributed by atoms with E-state index in [2.05, 4.69) is 21.3 Å². The normalized spacial score (nSPS) is 14.3. The van der Waals surface area contributed by atoms with Crippen molar-refractivity contribution < 1.29 is 23.6 Å². The zero-order chi connectivity index (χ0) is 27.2. The summed E-state index contributed by atoms with van der Waals surface area (Å²) < 4.78 is 22.1. The molecular weight excluding hydrogens is 479 g/mol. The van der Waals surface area contributed by atoms with Crippen LogP contribution in [-0.2, 0) is 13.6 Å². The van der Waals surface area contributed by atoms with Crippen molar-refractivity contribution in [1.82, 2.24) is 21.3 Å². The zero-order valence-electron chi connectivity index (χ0n) is 24.0. The average Bonchev–Trinajstić information content (AvgIpc) is 2.78. The van der Waals surface area contributed by atoms with Gasteiger partial charge in [-0.3, -0.25) is 9.05 Å². The van der Waals surface area contributed by atoms with E-state index in [4.69, 9.17) is 9.05 Å². The highest BCUT2D eigenvalue weighted by Crippen LogP contribution is 2.48. The number of hydrogen-bond donors (Lipinski definition) is 6. The Morgan fingerprint density at radius 3 is 1.47 bits per heavy atom. The maximum atomic E-state index is 11.9. The molecule has 0 aromatic carbocycles. The largest absolute Gasteiger partial charge is 0.472 e. The van der Waals surface area contributed by atoms with Gasteiger partial charge in [0.15, 0.2) is 0 Å². The van der Waals surface area contributed by atoms with Crippen LogP contribution in [0.5, 0.6) is 0 Å². The second-order valence-electron chi connectivity index (χ2n) is 10.9. The minimum atomic E-state index is -3.97. The van der Waals surface area contributed by atoms with Crippen LogP contribution < -0.4 is 21.3 Å². The van der Waals surface area contributed by atoms with Crippen LogP contribution in [0.1, 0.15) is 98.8 Å². The predicted molar refractivity (Wildman–Crippen MR) is 151 cm³/mol. The first-order valence-corrected chi connectivity index (χ1v) is 15.7. The maximum absolute atomic E-state index is 11.9. The molecule has 1 atom stereocenters. The summed E-state index contributed by atoms with van der Waals surface area (Å²) in [6, 6.07) is 0. The highest BCUT2D eigenvalue weighted by atomic mass is 31.2. The van der Waals surface area contributed by atoms with Crippen molar-refractivity contribution in [2.24, 2.45) is 0 Å². The van der Waals surface area contributed by atoms with Gasteiger partial charge in [-0.05, 0) is 144 Å². The standard InChI is InChI=1S/C26H59N4O5P/c1-6-26(4,5)35-36(32,33)34-24-12-11-19-30-23-14-22-29-18-10-9-17-28-21-13-20-27-16-8-7-15-25(2,3)31/h27-31H,6-24H2,1-5H3,(H,32,33). The van der Waals surface area contributed by atoms with Gasteiger partial charge in [0.25, 0.3) is 0 Å². The van der Waals surface area contributed by atoms with Gasteiger partial charge >= 0.3 is 7.82 Å². The molecule has 0 heterocycles. The Bertz CT molecular complexity index is 547. The number of aliphatic hydroxyl groups is 1. The van der Waals surface area contributed by atoms with Gasteiger partial charge in [0.05, 0.1) is 17.8 Å². The molecule has 0 bridgehead atoms. The zero-order valence-corrected chi connectivity index (χ0v) is 24.9. The van der Waals surface area contributed by atoms with E-state index >= 15 is 0 Å². The Balaban J connectivity index is 3.24. The van der Waals surface area contributed by atoms with Crippen molar-refractivity contribution in [1.29, 1.82) is 0 Å². The highest BCUT2D eigenvalue weighted by Gasteiger charge is 2.30. The van der Waals surface area contributed by atoms with E-state index < -0.39 is 19.0 Å². The van der Waals surface area contributed by atoms with Crippen LogP contribution in [0.25, 0.3) is 0 Å². The van der Waals surface area contributed by atoms with Gasteiger partial charge < -0.3 is 31.3 Å². The summed E-state index contributed by atoms with van der Waals surface area (Å²) in [5.74, 6) is 0. The molecule has 0 radical (unpaired) electrons. The average molecular weight is 539 g/mol. The predicted octanol–water partition coefficient (Wildman–Crippen LogP) is 3.95. The summed E-state index contributed by atoms with van der Waals surface area (Å²) in [7, 11) is -3.97. The molecule has 0 aliphatic rings. The molecule has 0 aliphatic heterocycles. The van der Waals surface area contributed by atoms with Crippen molar-refractivity contribution in [3.63, 3.8) is 0 Å². The van der Waals surface area contributed by atoms with E-state index in [1.807, 2.05) is 20.8 Å². The van der Waals surface area contributed by atoms with Crippen LogP contribution in [0, 0.1) is 0 Å². The molecular formula is C26H59N4O5P. The lowest BCUT2D eigenvalue weighted by Gasteiger charge is -2.25. The third kappa shape index (κ3) is 27.0. The molecule has 0 aliphatic carbocycles. The molecule has 0 fully saturated rings. The Labute approximate surface area is 221 Å². The van der Waals surface area contributed by atoms with Crippen molar-refractivity contribution in [2.45, 2.75) is 110 Å². The minimum Gasteiger partial charge on any atom is -0.390 e. The molecule has 0 aromatic rings. The molecule has 0 spiro atoms. The topological polar surface area (TPSA) is 124 Å². The fourth-order valence-corrected chi connectivity index (χ4v) is 4.59. The fraction of sp³-hybridized carbons (Fsp3) is 1.00. The quantitative estimate of drug-likeness (QED) is 0.0681. The molecule has 218 valence electrons. The molecule has 0 aromatic heterocycles. The van der Waals surface area contributed by atoms with Gasteiger partial charge in [-0.25, -0.2) is 4.57 Å². The van der Waals surface area contributed by atoms with E-state index in [1.165, 1.54) is 12.8 Å². The van der Waals surface area contributed by atoms with E-state index in [9.17, 15) is 14.6 Å². The third-order valence-corrected chi connectivity index (χ3v) is 7.21. The Kier molecular flexibility index (Phi) is 21.7. The first-order valence-electron chi connectivity index (χ1n) is 14.2. The molecule has 0 amide bonds. The van der Waals surface area contributed by atoms with Crippen LogP contribution in [0.4, 0.5) is 0 Å². The van der Waals surface area contributed by atoms with Gasteiger partial charge in [-0.2, -0.15) is 0 Å². The second-order valence-corrected chi connectivity index (χ2v) is 12.3. The molecule has 0 saturated carbocycles. The van der Waals surface area contributed by atoms with Crippen LogP contribution in [0.3, 0.4) is 0 Å². The van der Waals surface area contributed by atoms with Crippen LogP contribution in [0.2, 0.25) is 0 Å². The number of unbranched alkanes of at least 4 members (excludes halogenated alkanes) is 3. The van der Waals surface area contributed by atoms with Gasteiger partial charge in [-0.1, -0.05) is 6.92 Å². The highest BCUT2D eigenvalue weighted by molar-refractivity contribution is 7.47. The summed E-state index contributed by atoms with van der Waals surface area (Å²) in [6.07, 6.45) is 9.95. The van der Waals surface area contributed by atoms with E-state index in [0.717, 1.165) is 97.3 Å². The third-order valence-electron chi connectivity index (χ3n) is 5.98. The molecule has 0 rings (SSSR count). The van der Waals surface area contributed by atoms with Gasteiger partial charge in [0.2, 0.25) is 0 Å². The monoisotopic (exact) mass is 538 g/mol. The van der Waals surface area contributed by atoms with Crippen LogP contribution in [-0.4, -0.2) is 80.2 Å². The van der Waals surface area contributed by atoms with Gasteiger partial charge in [-0.15, -0.1) is 0 Å². The Morgan fingerprint density at radius 2 is 1.06 bits per heavy atom. The molecule has 6 N–H and O–H groups in total. The summed E-state index contributed by atoms with van der Waals surface area (Å²) >= 11 is 0. The minimum absolute atomic E-state index is 0.230. The van der Waals surface area contributed by atoms with Crippen molar-refractivity contribution in [3.05, 3.63) is 0 Å². The van der Waals surface area contributed by atoms with Crippen LogP contribution in [0.15, 0.2) is 0 Å². The molecule has 1 unspecified atom stereocenters. The Morgan fingerprint density at radius 1 is 0.667 bits per heavy atom. The number of hydrogen-bond acceptors (Lipinski definition) is 8. The summed E-state index contributed by atoms with van der Waals surface area (Å²) in [6.45, 7) is 17.6. The molecule has 0 saturated heterocycles. The van der Waals surface area contributed by atoms with Crippen molar-refractivity contribution in [3.8, 4) is 0 Å². The Hall–Kier alpha value is -0.0900. The number of nitrogens with one attached hydrogen (secondary N) is 4. The maximum Gasteiger partial charge on any atom is 0.472 e. The van der Waals surface area contributed by atoms with Crippen molar-refractivity contribution in [2.75, 3.05) is 59.0 Å². The van der Waals surface area contributed by atoms with Gasteiger partial charge in [0, 0.05) is 0 Å². The molecule has 9 nitrogen and oxygen atoms in total. The number of rotatable bonds is 27. The fourth-order valence-electron chi connectivity index (χ4n) is 3.42. The van der Waals surface area contributed by atoms with Crippen LogP contribution >= 0.6 is 7.82 Å². The lowest BCUT2D eigenvalue weighted by molar-refractivity contribution is 0.0454. The van der Waals surface area contributed by atoms with Crippen molar-refractivity contribution >= 4 is 7.82 Å². The first kappa shape index (κ1) is 35.9. The van der Waals surface area contributed by atoms with E-state index in [0.29, 0.717) is 6.42 Å². The smallest absolute Gasteiger partial charge is 0.390 e. The van der Waals surface area contributed by atoms with E-state index in [1.54, 1.807) is 13.8 Å². The SMILES string of the molecule is CCC(C)(C)OP(=O)(O)OCCCCNCCCNCCCCNCCCNCCCCC(C)(C)O.